The van der Waals surface area contributed by atoms with E-state index in [-0.39, 0.29) is 11.7 Å². The van der Waals surface area contributed by atoms with Gasteiger partial charge in [0, 0.05) is 25.3 Å². The third kappa shape index (κ3) is 3.93. The lowest BCUT2D eigenvalue weighted by Gasteiger charge is -2.15. The second-order valence-electron chi connectivity index (χ2n) is 6.44. The van der Waals surface area contributed by atoms with E-state index >= 15 is 0 Å². The van der Waals surface area contributed by atoms with Crippen molar-refractivity contribution < 1.29 is 13.9 Å². The Morgan fingerprint density at radius 2 is 2.15 bits per heavy atom. The first kappa shape index (κ1) is 18.5. The van der Waals surface area contributed by atoms with Crippen molar-refractivity contribution >= 4 is 11.6 Å². The van der Waals surface area contributed by atoms with Crippen LogP contribution in [0.15, 0.2) is 18.2 Å². The summed E-state index contributed by atoms with van der Waals surface area (Å²) in [6.45, 7) is 4.99. The molecule has 0 radical (unpaired) electrons. The molecule has 2 heterocycles. The average Bonchev–Trinajstić information content (AvgIpc) is 2.89. The number of nitrogens with zero attached hydrogens (tertiary/aromatic N) is 3. The standard InChI is InChI=1S/C19H25FN4O2/c1-3-16(26-4-2)19(25)21-13-9-10-15(20)14(12-13)18-23-22-17-8-6-5-7-11-24(17)18/h9-10,12,16H,3-8,11H2,1-2H3,(H,21,25). The molecule has 3 rings (SSSR count). The predicted molar refractivity (Wildman–Crippen MR) is 97.3 cm³/mol. The molecule has 26 heavy (non-hydrogen) atoms. The van der Waals surface area contributed by atoms with Crippen molar-refractivity contribution in [3.05, 3.63) is 29.8 Å². The molecule has 1 aromatic heterocycles. The van der Waals surface area contributed by atoms with Crippen LogP contribution in [-0.2, 0) is 22.5 Å². The summed E-state index contributed by atoms with van der Waals surface area (Å²) in [5.41, 5.74) is 0.878. The summed E-state index contributed by atoms with van der Waals surface area (Å²) in [5, 5.41) is 11.2. The summed E-state index contributed by atoms with van der Waals surface area (Å²) in [6.07, 6.45) is 4.16. The summed E-state index contributed by atoms with van der Waals surface area (Å²) in [7, 11) is 0. The van der Waals surface area contributed by atoms with E-state index in [0.29, 0.717) is 30.1 Å². The first-order chi connectivity index (χ1) is 12.6. The van der Waals surface area contributed by atoms with Crippen molar-refractivity contribution in [1.29, 1.82) is 0 Å². The molecule has 0 aliphatic carbocycles. The molecule has 2 aromatic rings. The number of anilines is 1. The fourth-order valence-electron chi connectivity index (χ4n) is 3.26. The maximum absolute atomic E-state index is 14.5. The van der Waals surface area contributed by atoms with Crippen LogP contribution in [0.1, 0.15) is 45.4 Å². The van der Waals surface area contributed by atoms with Crippen LogP contribution in [0.25, 0.3) is 11.4 Å². The number of aryl methyl sites for hydroxylation is 1. The van der Waals surface area contributed by atoms with Gasteiger partial charge in [-0.05, 0) is 44.4 Å². The molecule has 0 bridgehead atoms. The van der Waals surface area contributed by atoms with Gasteiger partial charge in [0.15, 0.2) is 5.82 Å². The van der Waals surface area contributed by atoms with Crippen LogP contribution in [0.3, 0.4) is 0 Å². The molecule has 1 atom stereocenters. The molecule has 1 N–H and O–H groups in total. The van der Waals surface area contributed by atoms with Crippen molar-refractivity contribution in [1.82, 2.24) is 14.8 Å². The third-order valence-electron chi connectivity index (χ3n) is 4.62. The summed E-state index contributed by atoms with van der Waals surface area (Å²) in [6, 6.07) is 4.52. The quantitative estimate of drug-likeness (QED) is 0.855. The first-order valence-electron chi connectivity index (χ1n) is 9.28. The van der Waals surface area contributed by atoms with Gasteiger partial charge in [0.25, 0.3) is 5.91 Å². The number of hydrogen-bond acceptors (Lipinski definition) is 4. The van der Waals surface area contributed by atoms with Gasteiger partial charge in [0.1, 0.15) is 17.7 Å². The SMILES string of the molecule is CCOC(CC)C(=O)Nc1ccc(F)c(-c2nnc3n2CCCCC3)c1. The molecule has 1 aromatic carbocycles. The lowest BCUT2D eigenvalue weighted by molar-refractivity contribution is -0.127. The van der Waals surface area contributed by atoms with Crippen molar-refractivity contribution in [2.45, 2.75) is 58.6 Å². The fraction of sp³-hybridized carbons (Fsp3) is 0.526. The van der Waals surface area contributed by atoms with E-state index in [2.05, 4.69) is 15.5 Å². The predicted octanol–water partition coefficient (Wildman–Crippen LogP) is 3.56. The van der Waals surface area contributed by atoms with Gasteiger partial charge < -0.3 is 14.6 Å². The summed E-state index contributed by atoms with van der Waals surface area (Å²) < 4.78 is 21.9. The molecule has 1 amide bonds. The Labute approximate surface area is 152 Å². The summed E-state index contributed by atoms with van der Waals surface area (Å²) in [4.78, 5) is 12.3. The third-order valence-corrected chi connectivity index (χ3v) is 4.62. The van der Waals surface area contributed by atoms with Crippen LogP contribution in [0.4, 0.5) is 10.1 Å². The van der Waals surface area contributed by atoms with Crippen molar-refractivity contribution in [3.63, 3.8) is 0 Å². The molecular formula is C19H25FN4O2. The Balaban J connectivity index is 1.87. The minimum atomic E-state index is -0.516. The van der Waals surface area contributed by atoms with E-state index in [9.17, 15) is 9.18 Å². The van der Waals surface area contributed by atoms with Gasteiger partial charge in [-0.2, -0.15) is 0 Å². The van der Waals surface area contributed by atoms with Crippen molar-refractivity contribution in [2.75, 3.05) is 11.9 Å². The lowest BCUT2D eigenvalue weighted by Crippen LogP contribution is -2.29. The van der Waals surface area contributed by atoms with Crippen LogP contribution >= 0.6 is 0 Å². The molecule has 0 fully saturated rings. The fourth-order valence-corrected chi connectivity index (χ4v) is 3.26. The van der Waals surface area contributed by atoms with Gasteiger partial charge >= 0.3 is 0 Å². The van der Waals surface area contributed by atoms with Crippen LogP contribution < -0.4 is 5.32 Å². The van der Waals surface area contributed by atoms with Crippen LogP contribution in [0, 0.1) is 5.82 Å². The zero-order valence-corrected chi connectivity index (χ0v) is 15.3. The molecule has 1 aliphatic heterocycles. The number of amides is 1. The number of ether oxygens (including phenoxy) is 1. The van der Waals surface area contributed by atoms with Crippen LogP contribution in [0.2, 0.25) is 0 Å². The molecule has 1 aliphatic rings. The highest BCUT2D eigenvalue weighted by Crippen LogP contribution is 2.27. The highest BCUT2D eigenvalue weighted by atomic mass is 19.1. The van der Waals surface area contributed by atoms with E-state index in [1.807, 2.05) is 18.4 Å². The van der Waals surface area contributed by atoms with Crippen LogP contribution in [-0.4, -0.2) is 33.4 Å². The molecule has 140 valence electrons. The number of hydrogen-bond donors (Lipinski definition) is 1. The highest BCUT2D eigenvalue weighted by molar-refractivity contribution is 5.94. The normalized spacial score (nSPS) is 15.2. The topological polar surface area (TPSA) is 69.0 Å². The van der Waals surface area contributed by atoms with Crippen molar-refractivity contribution in [2.24, 2.45) is 0 Å². The minimum Gasteiger partial charge on any atom is -0.369 e. The van der Waals surface area contributed by atoms with E-state index in [1.165, 1.54) is 6.07 Å². The molecule has 0 saturated carbocycles. The number of nitrogens with one attached hydrogen (secondary N) is 1. The van der Waals surface area contributed by atoms with Crippen LogP contribution in [0.5, 0.6) is 0 Å². The Morgan fingerprint density at radius 1 is 1.31 bits per heavy atom. The average molecular weight is 360 g/mol. The number of benzene rings is 1. The maximum atomic E-state index is 14.5. The molecule has 0 spiro atoms. The summed E-state index contributed by atoms with van der Waals surface area (Å²) >= 11 is 0. The number of rotatable bonds is 6. The Morgan fingerprint density at radius 3 is 2.92 bits per heavy atom. The van der Waals surface area contributed by atoms with Gasteiger partial charge in [0.05, 0.1) is 5.56 Å². The highest BCUT2D eigenvalue weighted by Gasteiger charge is 2.20. The molecule has 6 nitrogen and oxygen atoms in total. The van der Waals surface area contributed by atoms with Gasteiger partial charge in [-0.3, -0.25) is 4.79 Å². The zero-order chi connectivity index (χ0) is 18.5. The number of carbonyl (C=O) groups excluding carboxylic acids is 1. The molecule has 1 unspecified atom stereocenters. The second-order valence-corrected chi connectivity index (χ2v) is 6.44. The second kappa shape index (κ2) is 8.40. The lowest BCUT2D eigenvalue weighted by atomic mass is 10.1. The van der Waals surface area contributed by atoms with E-state index < -0.39 is 6.10 Å². The molecular weight excluding hydrogens is 335 g/mol. The van der Waals surface area contributed by atoms with E-state index in [0.717, 1.165) is 38.1 Å². The Bertz CT molecular complexity index is 775. The van der Waals surface area contributed by atoms with Gasteiger partial charge in [-0.15, -0.1) is 10.2 Å². The minimum absolute atomic E-state index is 0.230. The molecule has 0 saturated heterocycles. The number of fused-ring (bicyclic) bond motifs is 1. The van der Waals surface area contributed by atoms with Gasteiger partial charge in [-0.25, -0.2) is 4.39 Å². The number of aromatic nitrogens is 3. The first-order valence-corrected chi connectivity index (χ1v) is 9.28. The maximum Gasteiger partial charge on any atom is 0.253 e. The monoisotopic (exact) mass is 360 g/mol. The Kier molecular flexibility index (Phi) is 5.98. The Hall–Kier alpha value is -2.28. The van der Waals surface area contributed by atoms with Gasteiger partial charge in [-0.1, -0.05) is 13.3 Å². The largest absolute Gasteiger partial charge is 0.369 e. The van der Waals surface area contributed by atoms with Crippen molar-refractivity contribution in [3.8, 4) is 11.4 Å². The van der Waals surface area contributed by atoms with Gasteiger partial charge in [0.2, 0.25) is 0 Å². The van der Waals surface area contributed by atoms with E-state index in [4.69, 9.17) is 4.74 Å². The smallest absolute Gasteiger partial charge is 0.253 e. The van der Waals surface area contributed by atoms with E-state index in [1.54, 1.807) is 12.1 Å². The summed E-state index contributed by atoms with van der Waals surface area (Å²) in [5.74, 6) is 0.812. The number of halogens is 1. The molecule has 7 heteroatoms. The zero-order valence-electron chi connectivity index (χ0n) is 15.3. The number of carbonyl (C=O) groups is 1.